The minimum Gasteiger partial charge on any atom is -0.456 e. The second-order valence-electron chi connectivity index (χ2n) is 8.09. The van der Waals surface area contributed by atoms with Crippen molar-refractivity contribution < 1.29 is 19.1 Å². The highest BCUT2D eigenvalue weighted by Gasteiger charge is 2.41. The summed E-state index contributed by atoms with van der Waals surface area (Å²) in [5, 5.41) is 8.98. The van der Waals surface area contributed by atoms with E-state index in [4.69, 9.17) is 4.74 Å². The van der Waals surface area contributed by atoms with E-state index in [0.717, 1.165) is 11.4 Å². The fourth-order valence-corrected chi connectivity index (χ4v) is 5.04. The first-order valence-electron chi connectivity index (χ1n) is 10.3. The summed E-state index contributed by atoms with van der Waals surface area (Å²) >= 11 is 2.89. The Kier molecular flexibility index (Phi) is 7.53. The number of nitrogens with one attached hydrogen (secondary N) is 2. The Morgan fingerprint density at radius 1 is 1.35 bits per heavy atom. The lowest BCUT2D eigenvalue weighted by atomic mass is 10.0. The molecule has 1 aromatic heterocycles. The lowest BCUT2D eigenvalue weighted by Gasteiger charge is -2.27. The molecular formula is C21H28N4O4S2. The third-order valence-electron chi connectivity index (χ3n) is 4.98. The van der Waals surface area contributed by atoms with Gasteiger partial charge in [0.1, 0.15) is 33.4 Å². The number of rotatable bonds is 3. The Bertz CT molecular complexity index is 911. The molecule has 0 radical (unpaired) electrons. The van der Waals surface area contributed by atoms with Crippen LogP contribution >= 0.6 is 23.1 Å². The first kappa shape index (κ1) is 23.5. The highest BCUT2D eigenvalue weighted by molar-refractivity contribution is 8.14. The zero-order valence-corrected chi connectivity index (χ0v) is 19.8. The number of fused-ring (bicyclic) bond motifs is 4. The van der Waals surface area contributed by atoms with Gasteiger partial charge in [-0.25, -0.2) is 9.78 Å². The second-order valence-corrected chi connectivity index (χ2v) is 10.0. The van der Waals surface area contributed by atoms with Crippen molar-refractivity contribution in [3.05, 3.63) is 28.2 Å². The molecule has 31 heavy (non-hydrogen) atoms. The van der Waals surface area contributed by atoms with Crippen molar-refractivity contribution in [1.82, 2.24) is 15.6 Å². The maximum Gasteiger partial charge on any atom is 0.329 e. The number of aromatic nitrogens is 1. The summed E-state index contributed by atoms with van der Waals surface area (Å²) in [6, 6.07) is -0.840. The van der Waals surface area contributed by atoms with Crippen LogP contribution in [-0.4, -0.2) is 51.2 Å². The number of thiazole rings is 1. The Balaban J connectivity index is 1.93. The summed E-state index contributed by atoms with van der Waals surface area (Å²) in [6.45, 7) is 7.68. The molecule has 1 aromatic rings. The molecule has 168 valence electrons. The number of carbonyl (C=O) groups is 3. The number of nitrogens with zero attached hydrogens (tertiary/aromatic N) is 2. The van der Waals surface area contributed by atoms with E-state index in [9.17, 15) is 14.4 Å². The molecule has 4 bridgehead atoms. The summed E-state index contributed by atoms with van der Waals surface area (Å²) in [5.74, 6) is -0.865. The predicted molar refractivity (Wildman–Crippen MR) is 122 cm³/mol. The predicted octanol–water partition coefficient (Wildman–Crippen LogP) is 2.43. The van der Waals surface area contributed by atoms with E-state index in [-0.39, 0.29) is 30.7 Å². The Morgan fingerprint density at radius 2 is 2.13 bits per heavy atom. The SMILES string of the molecule is CC/C=C/[C@@H]1CC(=O)NCc2nc(cs2)C2=N[C@@](C)(CS2)C(=O)N[C@@H](C(C)C)C(=O)O1. The molecule has 2 N–H and O–H groups in total. The first-order valence-corrected chi connectivity index (χ1v) is 12.2. The first-order chi connectivity index (χ1) is 14.7. The average molecular weight is 465 g/mol. The summed E-state index contributed by atoms with van der Waals surface area (Å²) in [4.78, 5) is 47.6. The third kappa shape index (κ3) is 5.74. The van der Waals surface area contributed by atoms with Gasteiger partial charge in [-0.2, -0.15) is 0 Å². The molecule has 0 fully saturated rings. The van der Waals surface area contributed by atoms with Crippen LogP contribution in [-0.2, 0) is 25.7 Å². The topological polar surface area (TPSA) is 110 Å². The number of hydrogen-bond donors (Lipinski definition) is 2. The molecule has 3 heterocycles. The highest BCUT2D eigenvalue weighted by Crippen LogP contribution is 2.32. The van der Waals surface area contributed by atoms with E-state index < -0.39 is 23.7 Å². The van der Waals surface area contributed by atoms with Crippen molar-refractivity contribution in [3.63, 3.8) is 0 Å². The molecule has 0 aliphatic carbocycles. The van der Waals surface area contributed by atoms with Crippen LogP contribution < -0.4 is 10.6 Å². The number of carbonyl (C=O) groups excluding carboxylic acids is 3. The fraction of sp³-hybridized carbons (Fsp3) is 0.571. The van der Waals surface area contributed by atoms with Gasteiger partial charge < -0.3 is 15.4 Å². The van der Waals surface area contributed by atoms with Crippen LogP contribution in [0.3, 0.4) is 0 Å². The lowest BCUT2D eigenvalue weighted by Crippen LogP contribution is -2.53. The summed E-state index contributed by atoms with van der Waals surface area (Å²) in [7, 11) is 0. The lowest BCUT2D eigenvalue weighted by molar-refractivity contribution is -0.153. The van der Waals surface area contributed by atoms with Gasteiger partial charge in [-0.1, -0.05) is 26.8 Å². The number of aliphatic imine (C=N–C) groups is 1. The number of esters is 1. The summed E-state index contributed by atoms with van der Waals surface area (Å²) < 4.78 is 5.63. The molecule has 3 atom stereocenters. The number of hydrogen-bond acceptors (Lipinski definition) is 8. The number of cyclic esters (lactones) is 1. The molecular weight excluding hydrogens is 436 g/mol. The molecule has 0 spiro atoms. The van der Waals surface area contributed by atoms with Crippen LogP contribution in [0.25, 0.3) is 0 Å². The monoisotopic (exact) mass is 464 g/mol. The van der Waals surface area contributed by atoms with E-state index in [2.05, 4.69) is 20.6 Å². The van der Waals surface area contributed by atoms with E-state index in [0.29, 0.717) is 16.5 Å². The molecule has 0 saturated carbocycles. The molecule has 8 nitrogen and oxygen atoms in total. The minimum absolute atomic E-state index is 0.000487. The highest BCUT2D eigenvalue weighted by atomic mass is 32.2. The molecule has 2 amide bonds. The van der Waals surface area contributed by atoms with E-state index in [1.165, 1.54) is 23.1 Å². The zero-order chi connectivity index (χ0) is 22.6. The van der Waals surface area contributed by atoms with E-state index in [1.54, 1.807) is 13.0 Å². The Hall–Kier alpha value is -2.20. The smallest absolute Gasteiger partial charge is 0.329 e. The van der Waals surface area contributed by atoms with Gasteiger partial charge in [0.15, 0.2) is 0 Å². The maximum absolute atomic E-state index is 13.1. The van der Waals surface area contributed by atoms with Gasteiger partial charge in [0.05, 0.1) is 13.0 Å². The number of amides is 2. The largest absolute Gasteiger partial charge is 0.456 e. The number of ether oxygens (including phenoxy) is 1. The molecule has 0 unspecified atom stereocenters. The molecule has 2 aliphatic heterocycles. The Labute approximate surface area is 190 Å². The van der Waals surface area contributed by atoms with Gasteiger partial charge in [-0.15, -0.1) is 23.1 Å². The third-order valence-corrected chi connectivity index (χ3v) is 7.11. The van der Waals surface area contributed by atoms with Crippen molar-refractivity contribution in [2.45, 2.75) is 64.8 Å². The molecule has 3 rings (SSSR count). The molecule has 2 aliphatic rings. The number of thioether (sulfide) groups is 1. The van der Waals surface area contributed by atoms with Crippen LogP contribution in [0, 0.1) is 5.92 Å². The van der Waals surface area contributed by atoms with E-state index >= 15 is 0 Å². The summed E-state index contributed by atoms with van der Waals surface area (Å²) in [5.41, 5.74) is -0.296. The van der Waals surface area contributed by atoms with Crippen LogP contribution in [0.2, 0.25) is 0 Å². The van der Waals surface area contributed by atoms with Gasteiger partial charge >= 0.3 is 5.97 Å². The maximum atomic E-state index is 13.1. The Morgan fingerprint density at radius 3 is 2.84 bits per heavy atom. The van der Waals surface area contributed by atoms with Crippen molar-refractivity contribution in [1.29, 1.82) is 0 Å². The van der Waals surface area contributed by atoms with Crippen molar-refractivity contribution in [2.75, 3.05) is 5.75 Å². The van der Waals surface area contributed by atoms with Gasteiger partial charge in [0.2, 0.25) is 11.8 Å². The molecule has 0 aromatic carbocycles. The van der Waals surface area contributed by atoms with Crippen LogP contribution in [0.15, 0.2) is 22.5 Å². The van der Waals surface area contributed by atoms with Gasteiger partial charge in [0, 0.05) is 11.1 Å². The van der Waals surface area contributed by atoms with Gasteiger partial charge in [0.25, 0.3) is 0 Å². The molecule has 0 saturated heterocycles. The van der Waals surface area contributed by atoms with Gasteiger partial charge in [-0.3, -0.25) is 14.6 Å². The van der Waals surface area contributed by atoms with Gasteiger partial charge in [-0.05, 0) is 25.3 Å². The second kappa shape index (κ2) is 9.95. The quantitative estimate of drug-likeness (QED) is 0.525. The average Bonchev–Trinajstić information content (AvgIpc) is 3.35. The van der Waals surface area contributed by atoms with Crippen molar-refractivity contribution in [2.24, 2.45) is 10.9 Å². The van der Waals surface area contributed by atoms with Crippen LogP contribution in [0.4, 0.5) is 0 Å². The summed E-state index contributed by atoms with van der Waals surface area (Å²) in [6.07, 6.45) is 3.60. The van der Waals surface area contributed by atoms with Crippen LogP contribution in [0.5, 0.6) is 0 Å². The fourth-order valence-electron chi connectivity index (χ4n) is 3.12. The van der Waals surface area contributed by atoms with Crippen molar-refractivity contribution >= 4 is 45.9 Å². The van der Waals surface area contributed by atoms with Crippen LogP contribution in [0.1, 0.15) is 51.2 Å². The van der Waals surface area contributed by atoms with E-state index in [1.807, 2.05) is 32.2 Å². The normalized spacial score (nSPS) is 27.8. The molecule has 10 heteroatoms. The van der Waals surface area contributed by atoms with Crippen molar-refractivity contribution in [3.8, 4) is 0 Å². The standard InChI is InChI=1S/C21H28N4O4S2/c1-5-6-7-13-8-15(26)22-9-16-23-14(10-30-16)18-25-21(4,11-31-18)20(28)24-17(12(2)3)19(27)29-13/h6-7,10,12-13,17H,5,8-9,11H2,1-4H3,(H,22,26)(H,24,28)/b7-6+/t13-,17+,21+/m1/s1. The number of allylic oxidation sites excluding steroid dienone is 1. The minimum atomic E-state index is -0.996. The zero-order valence-electron chi connectivity index (χ0n) is 18.1.